The molecule has 0 fully saturated rings. The predicted molar refractivity (Wildman–Crippen MR) is 156 cm³/mol. The highest BCUT2D eigenvalue weighted by molar-refractivity contribution is 6.10. The zero-order valence-electron chi connectivity index (χ0n) is 21.1. The Morgan fingerprint density at radius 3 is 1.62 bits per heavy atom. The first-order valence-electron chi connectivity index (χ1n) is 12.4. The molecule has 0 spiro atoms. The Morgan fingerprint density at radius 1 is 0.541 bits per heavy atom. The van der Waals surface area contributed by atoms with E-state index in [4.69, 9.17) is 5.41 Å². The van der Waals surface area contributed by atoms with Gasteiger partial charge in [0.25, 0.3) is 0 Å². The van der Waals surface area contributed by atoms with Crippen LogP contribution >= 0.6 is 0 Å². The summed E-state index contributed by atoms with van der Waals surface area (Å²) >= 11 is 0. The minimum absolute atomic E-state index is 0.220. The van der Waals surface area contributed by atoms with Crippen molar-refractivity contribution in [2.45, 2.75) is 6.92 Å². The molecule has 0 amide bonds. The molecule has 0 heterocycles. The number of rotatable bonds is 5. The molecule has 0 saturated carbocycles. The third kappa shape index (κ3) is 5.57. The Morgan fingerprint density at radius 2 is 1.03 bits per heavy atom. The molecular formula is C34H29N3. The molecule has 0 saturated heterocycles. The molecule has 0 radical (unpaired) electrons. The molecular weight excluding hydrogens is 450 g/mol. The second kappa shape index (κ2) is 10.9. The predicted octanol–water partition coefficient (Wildman–Crippen LogP) is 7.99. The summed E-state index contributed by atoms with van der Waals surface area (Å²) < 4.78 is 0. The third-order valence-electron chi connectivity index (χ3n) is 6.47. The molecule has 5 aromatic carbocycles. The number of nitrogens with zero attached hydrogens (tertiary/aromatic N) is 1. The summed E-state index contributed by atoms with van der Waals surface area (Å²) in [5.74, 6) is 0.882. The lowest BCUT2D eigenvalue weighted by atomic mass is 9.99. The van der Waals surface area contributed by atoms with E-state index in [2.05, 4.69) is 102 Å². The number of nitrogens with one attached hydrogen (secondary N) is 2. The van der Waals surface area contributed by atoms with Crippen molar-refractivity contribution >= 4 is 11.7 Å². The molecule has 0 aromatic heterocycles. The van der Waals surface area contributed by atoms with Gasteiger partial charge in [-0.05, 0) is 46.4 Å². The van der Waals surface area contributed by atoms with Gasteiger partial charge in [0.1, 0.15) is 5.84 Å². The highest BCUT2D eigenvalue weighted by atomic mass is 15.0. The quantitative estimate of drug-likeness (QED) is 0.195. The van der Waals surface area contributed by atoms with Crippen molar-refractivity contribution in [2.75, 3.05) is 7.05 Å². The van der Waals surface area contributed by atoms with Crippen molar-refractivity contribution < 1.29 is 0 Å². The Labute approximate surface area is 218 Å². The van der Waals surface area contributed by atoms with Crippen LogP contribution in [0.4, 0.5) is 0 Å². The molecule has 5 aromatic rings. The fourth-order valence-corrected chi connectivity index (χ4v) is 4.34. The largest absolute Gasteiger partial charge is 0.373 e. The lowest BCUT2D eigenvalue weighted by Crippen LogP contribution is -2.21. The van der Waals surface area contributed by atoms with Crippen molar-refractivity contribution in [1.82, 2.24) is 5.32 Å². The van der Waals surface area contributed by atoms with Gasteiger partial charge in [0, 0.05) is 18.2 Å². The average molecular weight is 480 g/mol. The normalized spacial score (nSPS) is 11.2. The zero-order chi connectivity index (χ0) is 25.6. The molecule has 3 heteroatoms. The molecule has 37 heavy (non-hydrogen) atoms. The minimum Gasteiger partial charge on any atom is -0.373 e. The Balaban J connectivity index is 1.36. The average Bonchev–Trinajstić information content (AvgIpc) is 2.97. The lowest BCUT2D eigenvalue weighted by Gasteiger charge is -2.10. The van der Waals surface area contributed by atoms with E-state index >= 15 is 0 Å². The summed E-state index contributed by atoms with van der Waals surface area (Å²) in [7, 11) is 1.84. The van der Waals surface area contributed by atoms with Crippen molar-refractivity contribution in [3.63, 3.8) is 0 Å². The molecule has 0 atom stereocenters. The van der Waals surface area contributed by atoms with Crippen molar-refractivity contribution in [3.05, 3.63) is 144 Å². The Bertz CT molecular complexity index is 1530. The molecule has 0 aliphatic heterocycles. The van der Waals surface area contributed by atoms with Gasteiger partial charge in [0.05, 0.1) is 0 Å². The summed E-state index contributed by atoms with van der Waals surface area (Å²) in [6.07, 6.45) is 0. The number of amidine groups is 2. The van der Waals surface area contributed by atoms with Crippen LogP contribution in [0.1, 0.15) is 16.7 Å². The first kappa shape index (κ1) is 24.0. The molecule has 180 valence electrons. The number of hydrogen-bond donors (Lipinski definition) is 2. The van der Waals surface area contributed by atoms with Gasteiger partial charge in [-0.1, -0.05) is 127 Å². The van der Waals surface area contributed by atoms with Crippen LogP contribution < -0.4 is 5.32 Å². The van der Waals surface area contributed by atoms with E-state index < -0.39 is 0 Å². The van der Waals surface area contributed by atoms with E-state index in [1.165, 1.54) is 16.7 Å². The zero-order valence-corrected chi connectivity index (χ0v) is 21.1. The van der Waals surface area contributed by atoms with Gasteiger partial charge in [-0.2, -0.15) is 0 Å². The summed E-state index contributed by atoms with van der Waals surface area (Å²) in [6.45, 7) is 2.09. The lowest BCUT2D eigenvalue weighted by molar-refractivity contribution is 1.16. The summed E-state index contributed by atoms with van der Waals surface area (Å²) in [4.78, 5) is 4.63. The molecule has 0 bridgehead atoms. The maximum atomic E-state index is 8.61. The number of hydrogen-bond acceptors (Lipinski definition) is 1. The highest BCUT2D eigenvalue weighted by Gasteiger charge is 2.08. The van der Waals surface area contributed by atoms with E-state index in [1.807, 2.05) is 49.5 Å². The van der Waals surface area contributed by atoms with Crippen LogP contribution in [0.25, 0.3) is 33.4 Å². The number of aryl methyl sites for hydroxylation is 1. The topological polar surface area (TPSA) is 48.2 Å². The second-order valence-corrected chi connectivity index (χ2v) is 9.03. The first-order valence-corrected chi connectivity index (χ1v) is 12.4. The van der Waals surface area contributed by atoms with E-state index in [-0.39, 0.29) is 5.84 Å². The van der Waals surface area contributed by atoms with E-state index in [1.54, 1.807) is 0 Å². The van der Waals surface area contributed by atoms with Gasteiger partial charge in [-0.3, -0.25) is 5.41 Å². The van der Waals surface area contributed by atoms with Crippen molar-refractivity contribution in [3.8, 4) is 33.4 Å². The van der Waals surface area contributed by atoms with Crippen LogP contribution in [-0.4, -0.2) is 18.7 Å². The summed E-state index contributed by atoms with van der Waals surface area (Å²) in [5, 5.41) is 11.8. The van der Waals surface area contributed by atoms with Crippen LogP contribution in [0.2, 0.25) is 0 Å². The number of aliphatic imine (C=N–C) groups is 1. The fraction of sp³-hybridized carbons (Fsp3) is 0.0588. The maximum absolute atomic E-state index is 8.61. The van der Waals surface area contributed by atoms with Gasteiger partial charge >= 0.3 is 0 Å². The van der Waals surface area contributed by atoms with Crippen LogP contribution in [0, 0.1) is 12.3 Å². The van der Waals surface area contributed by atoms with Crippen molar-refractivity contribution in [2.24, 2.45) is 4.99 Å². The molecule has 0 unspecified atom stereocenters. The smallest absolute Gasteiger partial charge is 0.154 e. The van der Waals surface area contributed by atoms with Gasteiger partial charge in [0.15, 0.2) is 5.84 Å². The summed E-state index contributed by atoms with van der Waals surface area (Å²) in [6, 6.07) is 43.7. The maximum Gasteiger partial charge on any atom is 0.154 e. The van der Waals surface area contributed by atoms with E-state index in [9.17, 15) is 0 Å². The van der Waals surface area contributed by atoms with Crippen LogP contribution in [0.5, 0.6) is 0 Å². The Hall–Kier alpha value is -4.76. The van der Waals surface area contributed by atoms with E-state index in [0.29, 0.717) is 5.84 Å². The second-order valence-electron chi connectivity index (χ2n) is 9.03. The van der Waals surface area contributed by atoms with Crippen molar-refractivity contribution in [1.29, 1.82) is 5.41 Å². The Kier molecular flexibility index (Phi) is 7.05. The molecule has 0 aliphatic rings. The highest BCUT2D eigenvalue weighted by Crippen LogP contribution is 2.26. The van der Waals surface area contributed by atoms with Crippen LogP contribution in [0.3, 0.4) is 0 Å². The van der Waals surface area contributed by atoms with E-state index in [0.717, 1.165) is 33.4 Å². The SMILES string of the molecule is CN/C(=N\C(=N)c1ccc(-c2ccc(C)cc2)cc1)c1cccc(-c2ccc(-c3ccccc3)cc2)c1. The molecule has 3 nitrogen and oxygen atoms in total. The fourth-order valence-electron chi connectivity index (χ4n) is 4.34. The standard InChI is InChI=1S/C34H29N3/c1-24-11-13-26(14-12-24)28-19-21-30(22-20-28)33(35)37-34(36-2)32-10-6-9-31(23-32)29-17-15-27(16-18-29)25-7-4-3-5-8-25/h3-23H,1-2H3,(H2,35,36,37). The minimum atomic E-state index is 0.220. The van der Waals surface area contributed by atoms with Gasteiger partial charge in [0.2, 0.25) is 0 Å². The third-order valence-corrected chi connectivity index (χ3v) is 6.47. The molecule has 5 rings (SSSR count). The molecule has 2 N–H and O–H groups in total. The molecule has 0 aliphatic carbocycles. The number of benzene rings is 5. The van der Waals surface area contributed by atoms with Gasteiger partial charge in [-0.15, -0.1) is 0 Å². The summed E-state index contributed by atoms with van der Waals surface area (Å²) in [5.41, 5.74) is 9.89. The van der Waals surface area contributed by atoms with Gasteiger partial charge in [-0.25, -0.2) is 4.99 Å². The van der Waals surface area contributed by atoms with Gasteiger partial charge < -0.3 is 5.32 Å². The van der Waals surface area contributed by atoms with Crippen LogP contribution in [0.15, 0.2) is 132 Å². The monoisotopic (exact) mass is 479 g/mol. The van der Waals surface area contributed by atoms with Crippen LogP contribution in [-0.2, 0) is 0 Å². The first-order chi connectivity index (χ1) is 18.1.